The van der Waals surface area contributed by atoms with Crippen molar-refractivity contribution >= 4 is 28.5 Å². The first-order chi connectivity index (χ1) is 14.0. The van der Waals surface area contributed by atoms with Crippen molar-refractivity contribution in [1.29, 1.82) is 0 Å². The topological polar surface area (TPSA) is 123 Å². The molecule has 3 aromatic rings. The first kappa shape index (κ1) is 18.9. The number of carbonyl (C=O) groups is 2. The molecule has 1 aliphatic rings. The van der Waals surface area contributed by atoms with Crippen molar-refractivity contribution in [2.45, 2.75) is 18.9 Å². The first-order valence-electron chi connectivity index (χ1n) is 8.96. The summed E-state index contributed by atoms with van der Waals surface area (Å²) in [5.74, 6) is -4.06. The fraction of sp³-hybridized carbons (Fsp3) is 0.263. The van der Waals surface area contributed by atoms with Gasteiger partial charge in [-0.3, -0.25) is 9.59 Å². The predicted octanol–water partition coefficient (Wildman–Crippen LogP) is 2.16. The molecule has 8 nitrogen and oxygen atoms in total. The van der Waals surface area contributed by atoms with E-state index in [9.17, 15) is 18.4 Å². The zero-order chi connectivity index (χ0) is 20.5. The number of amides is 1. The normalized spacial score (nSPS) is 14.8. The Morgan fingerprint density at radius 3 is 2.66 bits per heavy atom. The summed E-state index contributed by atoms with van der Waals surface area (Å²) >= 11 is 0. The number of rotatable bonds is 5. The van der Waals surface area contributed by atoms with Gasteiger partial charge in [0.15, 0.2) is 0 Å². The smallest absolute Gasteiger partial charge is 0.251 e. The number of aromatic amines is 1. The molecular weight excluding hydrogens is 384 g/mol. The molecule has 0 atom stereocenters. The van der Waals surface area contributed by atoms with Crippen LogP contribution in [0.5, 0.6) is 0 Å². The third-order valence-corrected chi connectivity index (χ3v) is 4.86. The maximum absolute atomic E-state index is 14.7. The Bertz CT molecular complexity index is 1110. The molecule has 4 rings (SSSR count). The summed E-state index contributed by atoms with van der Waals surface area (Å²) in [6.45, 7) is 1.20. The van der Waals surface area contributed by atoms with Crippen molar-refractivity contribution < 1.29 is 23.1 Å². The van der Waals surface area contributed by atoms with E-state index in [0.29, 0.717) is 30.1 Å². The molecule has 150 valence electrons. The molecule has 0 saturated carbocycles. The van der Waals surface area contributed by atoms with E-state index in [2.05, 4.69) is 20.3 Å². The molecule has 1 amide bonds. The molecule has 1 aliphatic heterocycles. The van der Waals surface area contributed by atoms with Gasteiger partial charge in [-0.05, 0) is 25.0 Å². The predicted molar refractivity (Wildman–Crippen MR) is 99.7 cm³/mol. The summed E-state index contributed by atoms with van der Waals surface area (Å²) in [5, 5.41) is 3.56. The fourth-order valence-electron chi connectivity index (χ4n) is 3.37. The lowest BCUT2D eigenvalue weighted by atomic mass is 9.99. The van der Waals surface area contributed by atoms with Crippen molar-refractivity contribution in [1.82, 2.24) is 15.0 Å². The maximum Gasteiger partial charge on any atom is 0.251 e. The molecule has 0 aliphatic carbocycles. The minimum atomic E-state index is -1.30. The number of ether oxygens (including phenoxy) is 1. The van der Waals surface area contributed by atoms with E-state index in [0.717, 1.165) is 25.0 Å². The standard InChI is InChI=1S/C19H17F2N5O3/c20-12-2-1-10(17(22)28)15(21)14(12)16(27)11-7-23-18-13(11)19(25-8-24-18)26-9-3-5-29-6-4-9/h1-2,7-9H,3-6H2,(H2,22,28)(H2,23,24,25,26). The number of primary amides is 1. The summed E-state index contributed by atoms with van der Waals surface area (Å²) in [7, 11) is 0. The summed E-state index contributed by atoms with van der Waals surface area (Å²) < 4.78 is 34.3. The van der Waals surface area contributed by atoms with Crippen LogP contribution in [0.25, 0.3) is 11.0 Å². The van der Waals surface area contributed by atoms with Crippen molar-refractivity contribution in [2.75, 3.05) is 18.5 Å². The Balaban J connectivity index is 1.80. The lowest BCUT2D eigenvalue weighted by Gasteiger charge is -2.23. The number of aromatic nitrogens is 3. The highest BCUT2D eigenvalue weighted by Crippen LogP contribution is 2.29. The van der Waals surface area contributed by atoms with Gasteiger partial charge in [-0.15, -0.1) is 0 Å². The maximum atomic E-state index is 14.7. The van der Waals surface area contributed by atoms with E-state index in [-0.39, 0.29) is 11.6 Å². The molecule has 1 fully saturated rings. The number of carbonyl (C=O) groups excluding carboxylic acids is 2. The average Bonchev–Trinajstić information content (AvgIpc) is 3.14. The van der Waals surface area contributed by atoms with Crippen molar-refractivity contribution in [3.8, 4) is 0 Å². The first-order valence-corrected chi connectivity index (χ1v) is 8.96. The van der Waals surface area contributed by atoms with Crippen molar-refractivity contribution in [2.24, 2.45) is 5.73 Å². The van der Waals surface area contributed by atoms with Gasteiger partial charge >= 0.3 is 0 Å². The number of halogens is 2. The van der Waals surface area contributed by atoms with E-state index in [1.165, 1.54) is 12.5 Å². The number of benzene rings is 1. The molecule has 1 aromatic carbocycles. The Morgan fingerprint density at radius 1 is 1.17 bits per heavy atom. The highest BCUT2D eigenvalue weighted by atomic mass is 19.1. The van der Waals surface area contributed by atoms with Gasteiger partial charge in [0.05, 0.1) is 22.1 Å². The molecule has 0 unspecified atom stereocenters. The molecule has 0 radical (unpaired) electrons. The second-order valence-corrected chi connectivity index (χ2v) is 6.66. The SMILES string of the molecule is NC(=O)c1ccc(F)c(C(=O)c2c[nH]c3ncnc(NC4CCOCC4)c23)c1F. The summed E-state index contributed by atoms with van der Waals surface area (Å²) in [5.41, 5.74) is 4.01. The van der Waals surface area contributed by atoms with E-state index < -0.39 is 34.5 Å². The zero-order valence-electron chi connectivity index (χ0n) is 15.2. The van der Waals surface area contributed by atoms with Gasteiger partial charge in [-0.2, -0.15) is 0 Å². The van der Waals surface area contributed by atoms with Gasteiger partial charge in [-0.1, -0.05) is 0 Å². The van der Waals surface area contributed by atoms with Gasteiger partial charge in [0, 0.05) is 25.5 Å². The molecule has 3 heterocycles. The van der Waals surface area contributed by atoms with Crippen LogP contribution in [0.2, 0.25) is 0 Å². The fourth-order valence-corrected chi connectivity index (χ4v) is 3.37. The summed E-state index contributed by atoms with van der Waals surface area (Å²) in [6.07, 6.45) is 4.14. The van der Waals surface area contributed by atoms with Crippen LogP contribution in [0.15, 0.2) is 24.7 Å². The number of ketones is 1. The second kappa shape index (κ2) is 7.55. The van der Waals surface area contributed by atoms with Gasteiger partial charge in [0.25, 0.3) is 5.91 Å². The highest BCUT2D eigenvalue weighted by Gasteiger charge is 2.27. The van der Waals surface area contributed by atoms with Crippen molar-refractivity contribution in [3.05, 3.63) is 53.0 Å². The zero-order valence-corrected chi connectivity index (χ0v) is 15.2. The third-order valence-electron chi connectivity index (χ3n) is 4.86. The Labute approximate surface area is 163 Å². The van der Waals surface area contributed by atoms with Crippen LogP contribution in [-0.2, 0) is 4.74 Å². The van der Waals surface area contributed by atoms with E-state index in [4.69, 9.17) is 10.5 Å². The number of nitrogens with one attached hydrogen (secondary N) is 2. The van der Waals surface area contributed by atoms with Crippen LogP contribution in [0, 0.1) is 11.6 Å². The third kappa shape index (κ3) is 3.42. The number of anilines is 1. The molecule has 4 N–H and O–H groups in total. The van der Waals surface area contributed by atoms with E-state index >= 15 is 0 Å². The Hall–Kier alpha value is -3.40. The van der Waals surface area contributed by atoms with Gasteiger partial charge < -0.3 is 20.8 Å². The van der Waals surface area contributed by atoms with Crippen LogP contribution < -0.4 is 11.1 Å². The number of fused-ring (bicyclic) bond motifs is 1. The molecule has 0 bridgehead atoms. The van der Waals surface area contributed by atoms with Crippen LogP contribution in [0.1, 0.15) is 39.1 Å². The Kier molecular flexibility index (Phi) is 4.93. The van der Waals surface area contributed by atoms with Crippen LogP contribution in [0.4, 0.5) is 14.6 Å². The van der Waals surface area contributed by atoms with Crippen LogP contribution in [-0.4, -0.2) is 45.9 Å². The average molecular weight is 401 g/mol. The van der Waals surface area contributed by atoms with Crippen molar-refractivity contribution in [3.63, 3.8) is 0 Å². The molecule has 1 saturated heterocycles. The quantitative estimate of drug-likeness (QED) is 0.563. The van der Waals surface area contributed by atoms with Crippen LogP contribution in [0.3, 0.4) is 0 Å². The summed E-state index contributed by atoms with van der Waals surface area (Å²) in [4.78, 5) is 35.5. The van der Waals surface area contributed by atoms with Gasteiger partial charge in [0.2, 0.25) is 5.78 Å². The van der Waals surface area contributed by atoms with Gasteiger partial charge in [0.1, 0.15) is 29.4 Å². The summed E-state index contributed by atoms with van der Waals surface area (Å²) in [6, 6.07) is 1.81. The second-order valence-electron chi connectivity index (χ2n) is 6.66. The lowest BCUT2D eigenvalue weighted by molar-refractivity contribution is 0.0904. The number of nitrogens with two attached hydrogens (primary N) is 1. The minimum Gasteiger partial charge on any atom is -0.381 e. The molecule has 0 spiro atoms. The number of H-pyrrole nitrogens is 1. The largest absolute Gasteiger partial charge is 0.381 e. The number of hydrogen-bond donors (Lipinski definition) is 3. The molecular formula is C19H17F2N5O3. The van der Waals surface area contributed by atoms with Crippen LogP contribution >= 0.6 is 0 Å². The van der Waals surface area contributed by atoms with E-state index in [1.807, 2.05) is 0 Å². The van der Waals surface area contributed by atoms with Gasteiger partial charge in [-0.25, -0.2) is 18.7 Å². The molecule has 2 aromatic heterocycles. The Morgan fingerprint density at radius 2 is 1.93 bits per heavy atom. The number of hydrogen-bond acceptors (Lipinski definition) is 6. The molecule has 29 heavy (non-hydrogen) atoms. The highest BCUT2D eigenvalue weighted by molar-refractivity contribution is 6.18. The number of nitrogens with zero attached hydrogens (tertiary/aromatic N) is 2. The monoisotopic (exact) mass is 401 g/mol. The molecule has 10 heteroatoms. The lowest BCUT2D eigenvalue weighted by Crippen LogP contribution is -2.28. The minimum absolute atomic E-state index is 0.0189. The van der Waals surface area contributed by atoms with E-state index in [1.54, 1.807) is 0 Å².